The molecule has 0 unspecified atom stereocenters. The number of urea groups is 1. The second kappa shape index (κ2) is 43.1. The Morgan fingerprint density at radius 3 is 0.750 bits per heavy atom. The van der Waals surface area contributed by atoms with Gasteiger partial charge in [0.1, 0.15) is 0 Å². The van der Waals surface area contributed by atoms with Crippen LogP contribution in [0.1, 0.15) is 34.6 Å². The van der Waals surface area contributed by atoms with Crippen LogP contribution in [0.25, 0.3) is 0 Å². The zero-order valence-electron chi connectivity index (χ0n) is 36.7. The van der Waals surface area contributed by atoms with Gasteiger partial charge in [0.25, 0.3) is 0 Å². The van der Waals surface area contributed by atoms with Crippen molar-refractivity contribution in [2.75, 3.05) is 134 Å². The van der Waals surface area contributed by atoms with Gasteiger partial charge in [-0.05, 0) is 19.1 Å². The summed E-state index contributed by atoms with van der Waals surface area (Å²) in [5.74, 6) is -0.132. The largest absolute Gasteiger partial charge is 0.469 e. The molecule has 0 radical (unpaired) electrons. The van der Waals surface area contributed by atoms with Crippen molar-refractivity contribution >= 4 is 70.4 Å². The third kappa shape index (κ3) is 71.8. The molecule has 0 rings (SSSR count). The lowest BCUT2D eigenvalue weighted by Gasteiger charge is -2.20. The first kappa shape index (κ1) is 66.2. The quantitative estimate of drug-likeness (QED) is 0.222. The van der Waals surface area contributed by atoms with Crippen LogP contribution < -0.4 is 10.7 Å². The summed E-state index contributed by atoms with van der Waals surface area (Å²) in [7, 11) is 32.9. The smallest absolute Gasteiger partial charge is 0.408 e. The highest BCUT2D eigenvalue weighted by Gasteiger charge is 2.02. The normalized spacial score (nSPS) is 7.92. The Bertz CT molecular complexity index is 905. The summed E-state index contributed by atoms with van der Waals surface area (Å²) >= 11 is 9.70. The summed E-state index contributed by atoms with van der Waals surface area (Å²) in [5, 5.41) is 4.64. The molecule has 0 aromatic heterocycles. The fourth-order valence-electron chi connectivity index (χ4n) is 1.14. The molecule has 0 aromatic rings. The maximum Gasteiger partial charge on any atom is 0.408 e. The molecule has 2 N–H and O–H groups in total. The fourth-order valence-corrected chi connectivity index (χ4v) is 1.14. The number of hydrogen-bond donors (Lipinski definition) is 2. The highest BCUT2D eigenvalue weighted by molar-refractivity contribution is 7.80. The molecule has 0 aliphatic rings. The second-order valence-electron chi connectivity index (χ2n) is 11.1. The molecule has 18 nitrogen and oxygen atoms in total. The van der Waals surface area contributed by atoms with Crippen molar-refractivity contribution in [1.82, 2.24) is 50.1 Å². The minimum atomic E-state index is -0.319. The van der Waals surface area contributed by atoms with Crippen LogP contribution in [0, 0.1) is 0 Å². The van der Waals surface area contributed by atoms with E-state index in [1.165, 1.54) is 66.5 Å². The van der Waals surface area contributed by atoms with E-state index in [2.05, 4.69) is 20.2 Å². The van der Waals surface area contributed by atoms with Crippen LogP contribution in [0.5, 0.6) is 0 Å². The molecule has 0 atom stereocenters. The molecule has 0 bridgehead atoms. The van der Waals surface area contributed by atoms with E-state index in [4.69, 9.17) is 24.4 Å². The average molecular weight is 791 g/mol. The van der Waals surface area contributed by atoms with Crippen molar-refractivity contribution in [3.05, 3.63) is 0 Å². The van der Waals surface area contributed by atoms with Gasteiger partial charge in [0.2, 0.25) is 17.7 Å². The maximum absolute atomic E-state index is 10.7. The number of carbonyl (C=O) groups is 6. The molecule has 0 saturated heterocycles. The number of ether oxygens (including phenoxy) is 2. The van der Waals surface area contributed by atoms with Crippen LogP contribution in [-0.2, 0) is 28.7 Å². The topological polar surface area (TPSA) is 171 Å². The number of hydrogen-bond acceptors (Lipinski definition) is 11. The van der Waals surface area contributed by atoms with Gasteiger partial charge in [0, 0.05) is 148 Å². The van der Waals surface area contributed by atoms with Crippen LogP contribution in [0.2, 0.25) is 0 Å². The Kier molecular flexibility index (Phi) is 54.9. The molecule has 312 valence electrons. The number of esters is 1. The minimum Gasteiger partial charge on any atom is -0.469 e. The summed E-state index contributed by atoms with van der Waals surface area (Å²) in [4.78, 5) is 73.1. The Hall–Kier alpha value is -4.04. The molecule has 0 saturated carbocycles. The lowest BCUT2D eigenvalue weighted by atomic mass is 10.7. The first-order valence-corrected chi connectivity index (χ1v) is 16.1. The molecule has 52 heavy (non-hydrogen) atoms. The van der Waals surface area contributed by atoms with Gasteiger partial charge >= 0.3 is 18.1 Å². The molecule has 0 aliphatic heterocycles. The van der Waals surface area contributed by atoms with Crippen molar-refractivity contribution < 1.29 is 38.2 Å². The molecule has 20 heteroatoms. The van der Waals surface area contributed by atoms with E-state index in [1.54, 1.807) is 77.5 Å². The standard InChI is InChI=1S/C5H12N2O.C5H12N2S.C4H10N2O.C4H9NO2.C4H9NO.C4H9NS.C3H7NO.C3H6O2/c2*1-6(2)5(8)7(3)4;1-4(7)6(3)5-2;1-5(2)4(6)7-3;2*1-4(6)5(2)3;1-3(5)4-2;1-3(4)5-2/h2*1-4H3;5H,1-3H3;1-3H3;2*1-3H3;1-2H3,(H,4,5);1-2H3. The van der Waals surface area contributed by atoms with E-state index in [1.807, 2.05) is 63.9 Å². The third-order valence-electron chi connectivity index (χ3n) is 4.78. The predicted octanol–water partition coefficient (Wildman–Crippen LogP) is 1.46. The van der Waals surface area contributed by atoms with E-state index in [9.17, 15) is 28.8 Å². The minimum absolute atomic E-state index is 0.00463. The van der Waals surface area contributed by atoms with E-state index < -0.39 is 0 Å². The molecule has 0 spiro atoms. The lowest BCUT2D eigenvalue weighted by molar-refractivity contribution is -0.138. The molecular weight excluding hydrogens is 717 g/mol. The number of hydrazine groups is 1. The van der Waals surface area contributed by atoms with Crippen LogP contribution in [0.15, 0.2) is 0 Å². The average Bonchev–Trinajstić information content (AvgIpc) is 3.04. The van der Waals surface area contributed by atoms with Crippen molar-refractivity contribution in [2.24, 2.45) is 0 Å². The second-order valence-corrected chi connectivity index (χ2v) is 12.1. The third-order valence-corrected chi connectivity index (χ3v) is 5.87. The lowest BCUT2D eigenvalue weighted by Crippen LogP contribution is -2.34. The Labute approximate surface area is 326 Å². The Morgan fingerprint density at radius 1 is 0.481 bits per heavy atom. The summed E-state index contributed by atoms with van der Waals surface area (Å²) in [6.07, 6.45) is -0.319. The molecule has 0 heterocycles. The SMILES string of the molecule is CC(=O)N(C)C.CC(=S)N(C)C.CN(C)C(=O)N(C)C.CN(C)C(=S)N(C)C.CNC(C)=O.CNN(C)C(C)=O.COC(=O)N(C)C.COC(C)=O. The van der Waals surface area contributed by atoms with E-state index >= 15 is 0 Å². The van der Waals surface area contributed by atoms with Crippen LogP contribution in [0.4, 0.5) is 9.59 Å². The van der Waals surface area contributed by atoms with Crippen molar-refractivity contribution in [3.63, 3.8) is 0 Å². The summed E-state index contributed by atoms with van der Waals surface area (Å²) < 4.78 is 8.41. The molecule has 0 aliphatic carbocycles. The van der Waals surface area contributed by atoms with Gasteiger partial charge in [-0.1, -0.05) is 12.2 Å². The highest BCUT2D eigenvalue weighted by Crippen LogP contribution is 1.85. The number of nitrogens with one attached hydrogen (secondary N) is 2. The molecule has 6 amide bonds. The van der Waals surface area contributed by atoms with Crippen LogP contribution in [0.3, 0.4) is 0 Å². The molecule has 0 fully saturated rings. The van der Waals surface area contributed by atoms with Gasteiger partial charge in [-0.2, -0.15) is 0 Å². The highest BCUT2D eigenvalue weighted by atomic mass is 32.1. The van der Waals surface area contributed by atoms with Crippen LogP contribution in [-0.4, -0.2) is 219 Å². The summed E-state index contributed by atoms with van der Waals surface area (Å²) in [6, 6.07) is 0.0185. The Morgan fingerprint density at radius 2 is 0.750 bits per heavy atom. The van der Waals surface area contributed by atoms with Crippen molar-refractivity contribution in [3.8, 4) is 0 Å². The van der Waals surface area contributed by atoms with Crippen LogP contribution >= 0.6 is 24.4 Å². The number of nitrogens with zero attached hydrogens (tertiary/aromatic N) is 8. The number of methoxy groups -OCH3 is 2. The number of amides is 6. The predicted molar refractivity (Wildman–Crippen MR) is 220 cm³/mol. The van der Waals surface area contributed by atoms with E-state index in [0.29, 0.717) is 0 Å². The van der Waals surface area contributed by atoms with E-state index in [-0.39, 0.29) is 35.8 Å². The monoisotopic (exact) mass is 791 g/mol. The Balaban J connectivity index is -0.0000000713. The number of thiocarbonyl (C=S) groups is 2. The number of carbonyl (C=O) groups excluding carboxylic acids is 6. The first-order valence-electron chi connectivity index (χ1n) is 15.3. The zero-order chi connectivity index (χ0) is 44.1. The van der Waals surface area contributed by atoms with Crippen molar-refractivity contribution in [1.29, 1.82) is 0 Å². The molecular formula is C32H74N10O8S2. The zero-order valence-corrected chi connectivity index (χ0v) is 38.3. The fraction of sp³-hybridized carbons (Fsp3) is 0.750. The maximum atomic E-state index is 10.7. The van der Waals surface area contributed by atoms with Gasteiger partial charge in [0.05, 0.1) is 19.2 Å². The van der Waals surface area contributed by atoms with Gasteiger partial charge in [-0.15, -0.1) is 0 Å². The summed E-state index contributed by atoms with van der Waals surface area (Å²) in [6.45, 7) is 7.76. The van der Waals surface area contributed by atoms with Gasteiger partial charge in [0.15, 0.2) is 5.11 Å². The van der Waals surface area contributed by atoms with Crippen molar-refractivity contribution in [2.45, 2.75) is 34.6 Å². The summed E-state index contributed by atoms with van der Waals surface area (Å²) in [5.41, 5.74) is 2.65. The van der Waals surface area contributed by atoms with Gasteiger partial charge in [-0.3, -0.25) is 24.2 Å². The van der Waals surface area contributed by atoms with E-state index in [0.717, 1.165) is 10.1 Å². The van der Waals surface area contributed by atoms with Gasteiger partial charge < -0.3 is 49.1 Å². The number of rotatable bonds is 1. The first-order chi connectivity index (χ1) is 23.3. The molecule has 0 aromatic carbocycles. The van der Waals surface area contributed by atoms with Gasteiger partial charge in [-0.25, -0.2) is 15.0 Å².